The molecule has 0 unspecified atom stereocenters. The summed E-state index contributed by atoms with van der Waals surface area (Å²) in [5, 5.41) is 2.81. The number of para-hydroxylation sites is 1. The van der Waals surface area contributed by atoms with Gasteiger partial charge in [-0.25, -0.2) is 0 Å². The average molecular weight is 390 g/mol. The summed E-state index contributed by atoms with van der Waals surface area (Å²) >= 11 is 0. The van der Waals surface area contributed by atoms with E-state index in [0.717, 1.165) is 5.69 Å². The van der Waals surface area contributed by atoms with Crippen molar-refractivity contribution in [2.45, 2.75) is 0 Å². The summed E-state index contributed by atoms with van der Waals surface area (Å²) in [4.78, 5) is 26.7. The Labute approximate surface area is 169 Å². The van der Waals surface area contributed by atoms with Gasteiger partial charge in [0.05, 0.1) is 14.2 Å². The molecule has 148 valence electrons. The van der Waals surface area contributed by atoms with Gasteiger partial charge in [0.2, 0.25) is 0 Å². The van der Waals surface area contributed by atoms with Crippen molar-refractivity contribution in [2.75, 3.05) is 31.5 Å². The molecule has 3 aromatic carbocycles. The highest BCUT2D eigenvalue weighted by Crippen LogP contribution is 2.30. The standard InChI is InChI=1S/C23H22N2O4/c1-25(19-7-5-4-6-8-19)23(27)17-11-9-16(10-12-17)22(26)24-18-13-14-20(28-2)21(15-18)29-3/h4-15H,1-3H3,(H,24,26). The zero-order valence-electron chi connectivity index (χ0n) is 16.5. The summed E-state index contributed by atoms with van der Waals surface area (Å²) in [5.74, 6) is 0.668. The summed E-state index contributed by atoms with van der Waals surface area (Å²) < 4.78 is 10.4. The van der Waals surface area contributed by atoms with E-state index in [4.69, 9.17) is 9.47 Å². The van der Waals surface area contributed by atoms with Gasteiger partial charge in [0.15, 0.2) is 11.5 Å². The van der Waals surface area contributed by atoms with Crippen molar-refractivity contribution in [1.29, 1.82) is 0 Å². The molecule has 1 N–H and O–H groups in total. The van der Waals surface area contributed by atoms with Gasteiger partial charge in [-0.1, -0.05) is 18.2 Å². The van der Waals surface area contributed by atoms with Crippen molar-refractivity contribution >= 4 is 23.2 Å². The molecule has 0 aliphatic carbocycles. The third kappa shape index (κ3) is 4.55. The van der Waals surface area contributed by atoms with Gasteiger partial charge in [0.25, 0.3) is 11.8 Å². The van der Waals surface area contributed by atoms with E-state index in [9.17, 15) is 9.59 Å². The minimum atomic E-state index is -0.285. The molecule has 29 heavy (non-hydrogen) atoms. The third-order valence-corrected chi connectivity index (χ3v) is 4.48. The third-order valence-electron chi connectivity index (χ3n) is 4.48. The van der Waals surface area contributed by atoms with E-state index in [1.54, 1.807) is 61.5 Å². The van der Waals surface area contributed by atoms with Crippen LogP contribution in [0.3, 0.4) is 0 Å². The van der Waals surface area contributed by atoms with Crippen LogP contribution < -0.4 is 19.7 Å². The number of carbonyl (C=O) groups is 2. The number of amides is 2. The SMILES string of the molecule is COc1ccc(NC(=O)c2ccc(C(=O)N(C)c3ccccc3)cc2)cc1OC. The molecule has 0 fully saturated rings. The van der Waals surface area contributed by atoms with Crippen LogP contribution in [0.2, 0.25) is 0 Å². The number of nitrogens with zero attached hydrogens (tertiary/aromatic N) is 1. The molecular weight excluding hydrogens is 368 g/mol. The number of benzene rings is 3. The van der Waals surface area contributed by atoms with Gasteiger partial charge in [-0.05, 0) is 48.5 Å². The molecule has 2 amide bonds. The number of anilines is 2. The Morgan fingerprint density at radius 1 is 0.793 bits per heavy atom. The van der Waals surface area contributed by atoms with E-state index in [1.807, 2.05) is 30.3 Å². The van der Waals surface area contributed by atoms with E-state index >= 15 is 0 Å². The topological polar surface area (TPSA) is 67.9 Å². The van der Waals surface area contributed by atoms with Crippen LogP contribution >= 0.6 is 0 Å². The van der Waals surface area contributed by atoms with Gasteiger partial charge in [0, 0.05) is 35.6 Å². The molecule has 6 nitrogen and oxygen atoms in total. The van der Waals surface area contributed by atoms with Crippen LogP contribution in [0.1, 0.15) is 20.7 Å². The highest BCUT2D eigenvalue weighted by molar-refractivity contribution is 6.08. The number of rotatable bonds is 6. The minimum absolute atomic E-state index is 0.150. The van der Waals surface area contributed by atoms with Crippen LogP contribution in [0, 0.1) is 0 Å². The first-order valence-electron chi connectivity index (χ1n) is 9.00. The van der Waals surface area contributed by atoms with Crippen molar-refractivity contribution in [2.24, 2.45) is 0 Å². The largest absolute Gasteiger partial charge is 0.493 e. The maximum Gasteiger partial charge on any atom is 0.258 e. The van der Waals surface area contributed by atoms with E-state index < -0.39 is 0 Å². The van der Waals surface area contributed by atoms with E-state index in [-0.39, 0.29) is 11.8 Å². The summed E-state index contributed by atoms with van der Waals surface area (Å²) in [6, 6.07) is 21.0. The average Bonchev–Trinajstić information content (AvgIpc) is 2.78. The van der Waals surface area contributed by atoms with E-state index in [0.29, 0.717) is 28.3 Å². The first-order chi connectivity index (χ1) is 14.0. The minimum Gasteiger partial charge on any atom is -0.493 e. The van der Waals surface area contributed by atoms with Gasteiger partial charge < -0.3 is 19.7 Å². The Morgan fingerprint density at radius 3 is 2.03 bits per heavy atom. The number of methoxy groups -OCH3 is 2. The van der Waals surface area contributed by atoms with Crippen LogP contribution in [0.15, 0.2) is 72.8 Å². The molecule has 0 heterocycles. The molecule has 3 rings (SSSR count). The Hall–Kier alpha value is -3.80. The van der Waals surface area contributed by atoms with E-state index in [1.165, 1.54) is 7.11 Å². The zero-order chi connectivity index (χ0) is 20.8. The normalized spacial score (nSPS) is 10.2. The van der Waals surface area contributed by atoms with Crippen molar-refractivity contribution in [1.82, 2.24) is 0 Å². The van der Waals surface area contributed by atoms with Crippen molar-refractivity contribution in [3.63, 3.8) is 0 Å². The highest BCUT2D eigenvalue weighted by Gasteiger charge is 2.15. The fourth-order valence-corrected chi connectivity index (χ4v) is 2.84. The second-order valence-corrected chi connectivity index (χ2v) is 6.30. The highest BCUT2D eigenvalue weighted by atomic mass is 16.5. The number of hydrogen-bond acceptors (Lipinski definition) is 4. The maximum absolute atomic E-state index is 12.6. The lowest BCUT2D eigenvalue weighted by Gasteiger charge is -2.17. The van der Waals surface area contributed by atoms with Gasteiger partial charge in [-0.3, -0.25) is 9.59 Å². The molecule has 0 saturated carbocycles. The molecule has 0 saturated heterocycles. The van der Waals surface area contributed by atoms with Gasteiger partial charge >= 0.3 is 0 Å². The number of carbonyl (C=O) groups excluding carboxylic acids is 2. The number of hydrogen-bond donors (Lipinski definition) is 1. The van der Waals surface area contributed by atoms with Gasteiger partial charge in [-0.2, -0.15) is 0 Å². The summed E-state index contributed by atoms with van der Waals surface area (Å²) in [7, 11) is 4.80. The smallest absolute Gasteiger partial charge is 0.258 e. The van der Waals surface area contributed by atoms with Crippen molar-refractivity contribution in [3.8, 4) is 11.5 Å². The lowest BCUT2D eigenvalue weighted by atomic mass is 10.1. The molecule has 6 heteroatoms. The lowest BCUT2D eigenvalue weighted by Crippen LogP contribution is -2.26. The van der Waals surface area contributed by atoms with Gasteiger partial charge in [0.1, 0.15) is 0 Å². The summed E-state index contributed by atoms with van der Waals surface area (Å²) in [5.41, 5.74) is 2.32. The number of nitrogens with one attached hydrogen (secondary N) is 1. The fourth-order valence-electron chi connectivity index (χ4n) is 2.84. The summed E-state index contributed by atoms with van der Waals surface area (Å²) in [6.45, 7) is 0. The molecule has 0 spiro atoms. The van der Waals surface area contributed by atoms with Crippen LogP contribution in [0.5, 0.6) is 11.5 Å². The maximum atomic E-state index is 12.6. The monoisotopic (exact) mass is 390 g/mol. The second kappa shape index (κ2) is 8.93. The molecule has 0 aliphatic heterocycles. The molecular formula is C23H22N2O4. The zero-order valence-corrected chi connectivity index (χ0v) is 16.5. The number of ether oxygens (including phenoxy) is 2. The predicted molar refractivity (Wildman–Crippen MR) is 113 cm³/mol. The van der Waals surface area contributed by atoms with E-state index in [2.05, 4.69) is 5.32 Å². The summed E-state index contributed by atoms with van der Waals surface area (Å²) in [6.07, 6.45) is 0. The van der Waals surface area contributed by atoms with Crippen LogP contribution in [0.4, 0.5) is 11.4 Å². The molecule has 0 atom stereocenters. The molecule has 3 aromatic rings. The molecule has 0 aromatic heterocycles. The Kier molecular flexibility index (Phi) is 6.14. The van der Waals surface area contributed by atoms with Gasteiger partial charge in [-0.15, -0.1) is 0 Å². The Bertz CT molecular complexity index is 1000. The molecule has 0 radical (unpaired) electrons. The quantitative estimate of drug-likeness (QED) is 0.684. The van der Waals surface area contributed by atoms with Crippen molar-refractivity contribution in [3.05, 3.63) is 83.9 Å². The predicted octanol–water partition coefficient (Wildman–Crippen LogP) is 4.23. The molecule has 0 aliphatic rings. The van der Waals surface area contributed by atoms with Crippen molar-refractivity contribution < 1.29 is 19.1 Å². The second-order valence-electron chi connectivity index (χ2n) is 6.30. The Balaban J connectivity index is 1.71. The molecule has 0 bridgehead atoms. The van der Waals surface area contributed by atoms with Crippen LogP contribution in [0.25, 0.3) is 0 Å². The Morgan fingerprint density at radius 2 is 1.41 bits per heavy atom. The van der Waals surface area contributed by atoms with Crippen LogP contribution in [-0.4, -0.2) is 33.1 Å². The lowest BCUT2D eigenvalue weighted by molar-refractivity contribution is 0.0989. The van der Waals surface area contributed by atoms with Crippen LogP contribution in [-0.2, 0) is 0 Å². The fraction of sp³-hybridized carbons (Fsp3) is 0.130. The first-order valence-corrected chi connectivity index (χ1v) is 9.00. The first kappa shape index (κ1) is 19.9.